The van der Waals surface area contributed by atoms with Crippen molar-refractivity contribution in [2.24, 2.45) is 0 Å². The van der Waals surface area contributed by atoms with E-state index in [4.69, 9.17) is 5.11 Å². The molecule has 0 bridgehead atoms. The van der Waals surface area contributed by atoms with E-state index in [9.17, 15) is 8.42 Å². The van der Waals surface area contributed by atoms with Crippen molar-refractivity contribution in [3.63, 3.8) is 0 Å². The summed E-state index contributed by atoms with van der Waals surface area (Å²) in [6.07, 6.45) is 4.69. The quantitative estimate of drug-likeness (QED) is 0.652. The average molecular weight is 299 g/mol. The Bertz CT molecular complexity index is 468. The molecule has 0 amide bonds. The third-order valence-electron chi connectivity index (χ3n) is 3.10. The fourth-order valence-electron chi connectivity index (χ4n) is 1.99. The van der Waals surface area contributed by atoms with Crippen LogP contribution in [-0.2, 0) is 9.84 Å². The molecule has 1 aromatic carbocycles. The van der Waals surface area contributed by atoms with Crippen molar-refractivity contribution in [2.45, 2.75) is 43.9 Å². The summed E-state index contributed by atoms with van der Waals surface area (Å²) in [5.41, 5.74) is 0.947. The predicted molar refractivity (Wildman–Crippen MR) is 82.8 cm³/mol. The van der Waals surface area contributed by atoms with Crippen LogP contribution in [0.5, 0.6) is 0 Å². The molecule has 1 rings (SSSR count). The Labute approximate surface area is 122 Å². The average Bonchev–Trinajstić information content (AvgIpc) is 2.43. The molecule has 0 aliphatic rings. The zero-order valence-electron chi connectivity index (χ0n) is 12.1. The Morgan fingerprint density at radius 3 is 2.30 bits per heavy atom. The maximum atomic E-state index is 11.9. The smallest absolute Gasteiger partial charge is 0.178 e. The summed E-state index contributed by atoms with van der Waals surface area (Å²) >= 11 is 0. The summed E-state index contributed by atoms with van der Waals surface area (Å²) in [4.78, 5) is 0.396. The maximum Gasteiger partial charge on any atom is 0.178 e. The molecule has 114 valence electrons. The second kappa shape index (κ2) is 8.97. The molecular formula is C15H25NO3S. The van der Waals surface area contributed by atoms with E-state index >= 15 is 0 Å². The fourth-order valence-corrected chi connectivity index (χ4v) is 3.31. The summed E-state index contributed by atoms with van der Waals surface area (Å²) < 4.78 is 23.7. The highest BCUT2D eigenvalue weighted by molar-refractivity contribution is 7.91. The summed E-state index contributed by atoms with van der Waals surface area (Å²) in [7, 11) is -3.11. The van der Waals surface area contributed by atoms with Gasteiger partial charge in [0.2, 0.25) is 0 Å². The van der Waals surface area contributed by atoms with Crippen LogP contribution in [0.1, 0.15) is 39.0 Å². The third kappa shape index (κ3) is 5.92. The van der Waals surface area contributed by atoms with E-state index in [-0.39, 0.29) is 12.4 Å². The molecule has 0 spiro atoms. The normalized spacial score (nSPS) is 11.5. The van der Waals surface area contributed by atoms with E-state index in [1.807, 2.05) is 19.1 Å². The first-order valence-electron chi connectivity index (χ1n) is 7.27. The van der Waals surface area contributed by atoms with Gasteiger partial charge in [0.1, 0.15) is 0 Å². The van der Waals surface area contributed by atoms with E-state index in [1.54, 1.807) is 12.1 Å². The number of sulfone groups is 1. The molecule has 0 heterocycles. The second-order valence-electron chi connectivity index (χ2n) is 4.91. The highest BCUT2D eigenvalue weighted by atomic mass is 32.2. The first-order valence-corrected chi connectivity index (χ1v) is 8.93. The first kappa shape index (κ1) is 17.0. The van der Waals surface area contributed by atoms with Gasteiger partial charge in [-0.1, -0.05) is 19.8 Å². The van der Waals surface area contributed by atoms with Gasteiger partial charge < -0.3 is 10.4 Å². The molecule has 0 fully saturated rings. The molecule has 0 unspecified atom stereocenters. The minimum Gasteiger partial charge on any atom is -0.396 e. The summed E-state index contributed by atoms with van der Waals surface area (Å²) in [5, 5.41) is 11.9. The number of aliphatic hydroxyl groups excluding tert-OH is 1. The van der Waals surface area contributed by atoms with Gasteiger partial charge in [0.15, 0.2) is 9.84 Å². The van der Waals surface area contributed by atoms with Gasteiger partial charge in [-0.25, -0.2) is 8.42 Å². The van der Waals surface area contributed by atoms with Crippen molar-refractivity contribution in [3.05, 3.63) is 24.3 Å². The maximum absolute atomic E-state index is 11.9. The number of benzene rings is 1. The minimum absolute atomic E-state index is 0.199. The monoisotopic (exact) mass is 299 g/mol. The molecule has 0 aromatic heterocycles. The predicted octanol–water partition coefficient (Wildman–Crippen LogP) is 2.83. The first-order chi connectivity index (χ1) is 9.60. The van der Waals surface area contributed by atoms with Crippen LogP contribution in [0.15, 0.2) is 29.2 Å². The molecule has 20 heavy (non-hydrogen) atoms. The topological polar surface area (TPSA) is 66.4 Å². The van der Waals surface area contributed by atoms with Crippen LogP contribution in [-0.4, -0.2) is 32.4 Å². The van der Waals surface area contributed by atoms with E-state index in [1.165, 1.54) is 0 Å². The highest BCUT2D eigenvalue weighted by Crippen LogP contribution is 2.16. The molecule has 5 heteroatoms. The Morgan fingerprint density at radius 2 is 1.70 bits per heavy atom. The van der Waals surface area contributed by atoms with Gasteiger partial charge in [0.25, 0.3) is 0 Å². The van der Waals surface area contributed by atoms with Crippen molar-refractivity contribution in [1.82, 2.24) is 0 Å². The number of unbranched alkanes of at least 4 members (excludes halogenated alkanes) is 3. The van der Waals surface area contributed by atoms with Crippen LogP contribution >= 0.6 is 0 Å². The molecule has 4 nitrogen and oxygen atoms in total. The standard InChI is InChI=1S/C15H25NO3S/c1-2-13-20(18,19)15-9-7-14(8-10-15)16-11-5-3-4-6-12-17/h7-10,16-17H,2-6,11-13H2,1H3. The van der Waals surface area contributed by atoms with Crippen molar-refractivity contribution in [1.29, 1.82) is 0 Å². The summed E-state index contributed by atoms with van der Waals surface area (Å²) in [6, 6.07) is 6.96. The zero-order valence-corrected chi connectivity index (χ0v) is 13.0. The molecule has 1 aromatic rings. The van der Waals surface area contributed by atoms with Crippen molar-refractivity contribution in [2.75, 3.05) is 24.2 Å². The summed E-state index contributed by atoms with van der Waals surface area (Å²) in [6.45, 7) is 3.00. The van der Waals surface area contributed by atoms with Crippen LogP contribution in [0, 0.1) is 0 Å². The molecule has 0 aliphatic carbocycles. The molecule has 0 aliphatic heterocycles. The Morgan fingerprint density at radius 1 is 1.05 bits per heavy atom. The lowest BCUT2D eigenvalue weighted by Crippen LogP contribution is -2.06. The van der Waals surface area contributed by atoms with Gasteiger partial charge in [0.05, 0.1) is 10.6 Å². The molecule has 0 atom stereocenters. The number of nitrogens with one attached hydrogen (secondary N) is 1. The number of hydrogen-bond donors (Lipinski definition) is 2. The number of rotatable bonds is 10. The van der Waals surface area contributed by atoms with Crippen molar-refractivity contribution < 1.29 is 13.5 Å². The lowest BCUT2D eigenvalue weighted by Gasteiger charge is -2.08. The molecular weight excluding hydrogens is 274 g/mol. The van der Waals surface area contributed by atoms with Crippen molar-refractivity contribution in [3.8, 4) is 0 Å². The number of anilines is 1. The van der Waals surface area contributed by atoms with Gasteiger partial charge in [-0.15, -0.1) is 0 Å². The van der Waals surface area contributed by atoms with Crippen LogP contribution < -0.4 is 5.32 Å². The van der Waals surface area contributed by atoms with E-state index in [2.05, 4.69) is 5.32 Å². The van der Waals surface area contributed by atoms with Crippen LogP contribution in [0.25, 0.3) is 0 Å². The summed E-state index contributed by atoms with van der Waals surface area (Å²) in [5.74, 6) is 0.199. The van der Waals surface area contributed by atoms with E-state index in [0.29, 0.717) is 11.3 Å². The number of aliphatic hydroxyl groups is 1. The lowest BCUT2D eigenvalue weighted by atomic mass is 10.2. The van der Waals surface area contributed by atoms with E-state index < -0.39 is 9.84 Å². The molecule has 0 saturated carbocycles. The van der Waals surface area contributed by atoms with Crippen LogP contribution in [0.2, 0.25) is 0 Å². The fraction of sp³-hybridized carbons (Fsp3) is 0.600. The Hall–Kier alpha value is -1.07. The van der Waals surface area contributed by atoms with Gasteiger partial charge in [-0.2, -0.15) is 0 Å². The zero-order chi connectivity index (χ0) is 14.8. The highest BCUT2D eigenvalue weighted by Gasteiger charge is 2.12. The van der Waals surface area contributed by atoms with Crippen LogP contribution in [0.4, 0.5) is 5.69 Å². The van der Waals surface area contributed by atoms with Gasteiger partial charge in [-0.3, -0.25) is 0 Å². The number of hydrogen-bond acceptors (Lipinski definition) is 4. The third-order valence-corrected chi connectivity index (χ3v) is 5.04. The minimum atomic E-state index is -3.11. The van der Waals surface area contributed by atoms with Crippen molar-refractivity contribution >= 4 is 15.5 Å². The molecule has 0 radical (unpaired) electrons. The SMILES string of the molecule is CCCS(=O)(=O)c1ccc(NCCCCCCO)cc1. The van der Waals surface area contributed by atoms with Crippen LogP contribution in [0.3, 0.4) is 0 Å². The second-order valence-corrected chi connectivity index (χ2v) is 7.02. The van der Waals surface area contributed by atoms with Gasteiger partial charge >= 0.3 is 0 Å². The Kier molecular flexibility index (Phi) is 7.62. The van der Waals surface area contributed by atoms with Gasteiger partial charge in [0, 0.05) is 18.8 Å². The Balaban J connectivity index is 2.39. The van der Waals surface area contributed by atoms with Gasteiger partial charge in [-0.05, 0) is 43.5 Å². The molecule has 2 N–H and O–H groups in total. The largest absolute Gasteiger partial charge is 0.396 e. The van der Waals surface area contributed by atoms with E-state index in [0.717, 1.165) is 37.9 Å². The lowest BCUT2D eigenvalue weighted by molar-refractivity contribution is 0.283. The molecule has 0 saturated heterocycles.